The first-order valence-electron chi connectivity index (χ1n) is 6.08. The van der Waals surface area contributed by atoms with Crippen molar-refractivity contribution in [1.82, 2.24) is 4.57 Å². The van der Waals surface area contributed by atoms with Crippen LogP contribution in [0.15, 0.2) is 34.9 Å². The highest BCUT2D eigenvalue weighted by molar-refractivity contribution is 9.10. The number of carbonyl (C=O) groups excluding carboxylic acids is 1. The molecule has 1 aromatic heterocycles. The maximum Gasteiger partial charge on any atom is 0.354 e. The first-order chi connectivity index (χ1) is 9.51. The van der Waals surface area contributed by atoms with Crippen LogP contribution in [0, 0.1) is 0 Å². The lowest BCUT2D eigenvalue weighted by molar-refractivity contribution is 0.0514. The second kappa shape index (κ2) is 6.33. The van der Waals surface area contributed by atoms with Crippen LogP contribution in [-0.2, 0) is 11.3 Å². The van der Waals surface area contributed by atoms with E-state index in [0.717, 1.165) is 10.0 Å². The van der Waals surface area contributed by atoms with Crippen molar-refractivity contribution in [3.8, 4) is 0 Å². The van der Waals surface area contributed by atoms with Gasteiger partial charge < -0.3 is 15.0 Å². The minimum atomic E-state index is -0.362. The molecule has 0 fully saturated rings. The summed E-state index contributed by atoms with van der Waals surface area (Å²) in [6, 6.07) is 7.00. The minimum absolute atomic E-state index is 0.334. The topological polar surface area (TPSA) is 57.2 Å². The monoisotopic (exact) mass is 356 g/mol. The first-order valence-corrected chi connectivity index (χ1v) is 7.25. The van der Waals surface area contributed by atoms with Gasteiger partial charge in [0.05, 0.1) is 6.61 Å². The number of nitrogens with zero attached hydrogens (tertiary/aromatic N) is 1. The SMILES string of the molecule is CCOC(=O)c1cc(Br)cn1Cc1cc(Cl)ccc1N. The molecule has 6 heteroatoms. The molecule has 4 nitrogen and oxygen atoms in total. The van der Waals surface area contributed by atoms with E-state index in [1.54, 1.807) is 35.8 Å². The van der Waals surface area contributed by atoms with Gasteiger partial charge in [-0.25, -0.2) is 4.79 Å². The van der Waals surface area contributed by atoms with Gasteiger partial charge in [-0.05, 0) is 52.7 Å². The maximum absolute atomic E-state index is 11.9. The number of nitrogens with two attached hydrogens (primary N) is 1. The molecule has 0 bridgehead atoms. The Kier molecular flexibility index (Phi) is 4.73. The fourth-order valence-electron chi connectivity index (χ4n) is 1.88. The maximum atomic E-state index is 11.9. The number of hydrogen-bond acceptors (Lipinski definition) is 3. The lowest BCUT2D eigenvalue weighted by Crippen LogP contribution is -2.13. The second-order valence-corrected chi connectivity index (χ2v) is 5.59. The van der Waals surface area contributed by atoms with Gasteiger partial charge in [0.15, 0.2) is 0 Å². The Morgan fingerprint density at radius 1 is 1.45 bits per heavy atom. The van der Waals surface area contributed by atoms with Crippen LogP contribution in [0.2, 0.25) is 5.02 Å². The minimum Gasteiger partial charge on any atom is -0.461 e. The molecular weight excluding hydrogens is 344 g/mol. The highest BCUT2D eigenvalue weighted by atomic mass is 79.9. The lowest BCUT2D eigenvalue weighted by Gasteiger charge is -2.11. The molecule has 1 heterocycles. The smallest absolute Gasteiger partial charge is 0.354 e. The molecule has 0 saturated carbocycles. The number of hydrogen-bond donors (Lipinski definition) is 1. The summed E-state index contributed by atoms with van der Waals surface area (Å²) in [7, 11) is 0. The van der Waals surface area contributed by atoms with E-state index >= 15 is 0 Å². The van der Waals surface area contributed by atoms with Crippen LogP contribution in [0.5, 0.6) is 0 Å². The van der Waals surface area contributed by atoms with Crippen LogP contribution < -0.4 is 5.73 Å². The van der Waals surface area contributed by atoms with Crippen molar-refractivity contribution in [2.75, 3.05) is 12.3 Å². The number of rotatable bonds is 4. The van der Waals surface area contributed by atoms with Gasteiger partial charge in [0.2, 0.25) is 0 Å². The highest BCUT2D eigenvalue weighted by Gasteiger charge is 2.15. The van der Waals surface area contributed by atoms with E-state index in [1.165, 1.54) is 0 Å². The number of esters is 1. The number of anilines is 1. The number of nitrogen functional groups attached to an aromatic ring is 1. The van der Waals surface area contributed by atoms with E-state index in [2.05, 4.69) is 15.9 Å². The normalized spacial score (nSPS) is 10.6. The van der Waals surface area contributed by atoms with Crippen molar-refractivity contribution >= 4 is 39.2 Å². The number of benzene rings is 1. The molecule has 2 N–H and O–H groups in total. The van der Waals surface area contributed by atoms with Gasteiger partial charge in [-0.1, -0.05) is 11.6 Å². The molecule has 0 atom stereocenters. The van der Waals surface area contributed by atoms with Gasteiger partial charge in [0, 0.05) is 27.9 Å². The summed E-state index contributed by atoms with van der Waals surface area (Å²) in [5.41, 5.74) is 7.89. The Hall–Kier alpha value is -1.46. The van der Waals surface area contributed by atoms with Crippen molar-refractivity contribution < 1.29 is 9.53 Å². The van der Waals surface area contributed by atoms with Crippen molar-refractivity contribution in [2.24, 2.45) is 0 Å². The Bertz CT molecular complexity index is 640. The predicted molar refractivity (Wildman–Crippen MR) is 83.1 cm³/mol. The molecule has 1 aromatic carbocycles. The largest absolute Gasteiger partial charge is 0.461 e. The summed E-state index contributed by atoms with van der Waals surface area (Å²) < 4.78 is 7.62. The summed E-state index contributed by atoms with van der Waals surface area (Å²) >= 11 is 9.34. The molecule has 0 saturated heterocycles. The quantitative estimate of drug-likeness (QED) is 0.670. The third kappa shape index (κ3) is 3.35. The molecule has 0 amide bonds. The molecular formula is C14H14BrClN2O2. The summed E-state index contributed by atoms with van der Waals surface area (Å²) in [6.07, 6.45) is 1.81. The van der Waals surface area contributed by atoms with Crippen LogP contribution in [0.3, 0.4) is 0 Å². The van der Waals surface area contributed by atoms with Crippen LogP contribution in [0.25, 0.3) is 0 Å². The van der Waals surface area contributed by atoms with Gasteiger partial charge in [-0.2, -0.15) is 0 Å². The van der Waals surface area contributed by atoms with Crippen molar-refractivity contribution in [2.45, 2.75) is 13.5 Å². The average molecular weight is 358 g/mol. The van der Waals surface area contributed by atoms with E-state index in [1.807, 2.05) is 6.20 Å². The predicted octanol–water partition coefficient (Wildman–Crippen LogP) is 3.71. The highest BCUT2D eigenvalue weighted by Crippen LogP contribution is 2.22. The molecule has 0 aliphatic rings. The fourth-order valence-corrected chi connectivity index (χ4v) is 2.53. The zero-order valence-corrected chi connectivity index (χ0v) is 13.2. The number of ether oxygens (including phenoxy) is 1. The standard InChI is InChI=1S/C14H14BrClN2O2/c1-2-20-14(19)13-6-10(15)8-18(13)7-9-5-11(16)3-4-12(9)17/h3-6,8H,2,7,17H2,1H3. The van der Waals surface area contributed by atoms with Crippen LogP contribution in [0.1, 0.15) is 23.0 Å². The molecule has 0 radical (unpaired) electrons. The third-order valence-electron chi connectivity index (χ3n) is 2.79. The summed E-state index contributed by atoms with van der Waals surface area (Å²) in [4.78, 5) is 11.9. The third-order valence-corrected chi connectivity index (χ3v) is 3.46. The molecule has 0 unspecified atom stereocenters. The summed E-state index contributed by atoms with van der Waals surface area (Å²) in [5, 5.41) is 0.609. The second-order valence-electron chi connectivity index (χ2n) is 4.24. The van der Waals surface area contributed by atoms with Gasteiger partial charge in [-0.15, -0.1) is 0 Å². The zero-order chi connectivity index (χ0) is 14.7. The van der Waals surface area contributed by atoms with Crippen LogP contribution in [0.4, 0.5) is 5.69 Å². The fraction of sp³-hybridized carbons (Fsp3) is 0.214. The molecule has 2 rings (SSSR count). The number of halogens is 2. The van der Waals surface area contributed by atoms with E-state index in [-0.39, 0.29) is 5.97 Å². The van der Waals surface area contributed by atoms with Gasteiger partial charge in [0.1, 0.15) is 5.69 Å². The average Bonchev–Trinajstić information content (AvgIpc) is 2.75. The summed E-state index contributed by atoms with van der Waals surface area (Å²) in [5.74, 6) is -0.362. The van der Waals surface area contributed by atoms with E-state index in [4.69, 9.17) is 22.1 Å². The van der Waals surface area contributed by atoms with E-state index < -0.39 is 0 Å². The molecule has 2 aromatic rings. The Labute approximate surface area is 130 Å². The first kappa shape index (κ1) is 14.9. The van der Waals surface area contributed by atoms with Gasteiger partial charge in [-0.3, -0.25) is 0 Å². The van der Waals surface area contributed by atoms with Crippen molar-refractivity contribution in [1.29, 1.82) is 0 Å². The Morgan fingerprint density at radius 3 is 2.90 bits per heavy atom. The summed E-state index contributed by atoms with van der Waals surface area (Å²) in [6.45, 7) is 2.56. The molecule has 0 aliphatic heterocycles. The molecule has 0 spiro atoms. The number of aromatic nitrogens is 1. The van der Waals surface area contributed by atoms with Crippen molar-refractivity contribution in [3.05, 3.63) is 51.2 Å². The molecule has 20 heavy (non-hydrogen) atoms. The van der Waals surface area contributed by atoms with Gasteiger partial charge in [0.25, 0.3) is 0 Å². The zero-order valence-electron chi connectivity index (χ0n) is 10.9. The van der Waals surface area contributed by atoms with Crippen LogP contribution >= 0.6 is 27.5 Å². The Morgan fingerprint density at radius 2 is 2.20 bits per heavy atom. The van der Waals surface area contributed by atoms with Crippen LogP contribution in [-0.4, -0.2) is 17.1 Å². The van der Waals surface area contributed by atoms with Crippen molar-refractivity contribution in [3.63, 3.8) is 0 Å². The Balaban J connectivity index is 2.33. The van der Waals surface area contributed by atoms with Gasteiger partial charge >= 0.3 is 5.97 Å². The molecule has 106 valence electrons. The lowest BCUT2D eigenvalue weighted by atomic mass is 10.2. The van der Waals surface area contributed by atoms with E-state index in [9.17, 15) is 4.79 Å². The van der Waals surface area contributed by atoms with E-state index in [0.29, 0.717) is 29.6 Å². The number of carbonyl (C=O) groups is 1. The molecule has 0 aliphatic carbocycles.